The van der Waals surface area contributed by atoms with Crippen LogP contribution in [-0.2, 0) is 0 Å². The van der Waals surface area contributed by atoms with Crippen molar-refractivity contribution >= 4 is 0 Å². The fraction of sp³-hybridized carbons (Fsp3) is 1.00. The molecule has 0 heterocycles. The molecule has 0 aromatic rings. The van der Waals surface area contributed by atoms with E-state index in [4.69, 9.17) is 0 Å². The van der Waals surface area contributed by atoms with Gasteiger partial charge in [0, 0.05) is 0 Å². The lowest BCUT2D eigenvalue weighted by molar-refractivity contribution is 0.0182. The Morgan fingerprint density at radius 1 is 0.704 bits per heavy atom. The second kappa shape index (κ2) is 13.3. The second-order valence-electron chi connectivity index (χ2n) is 10.1. The topological polar surface area (TPSA) is 0 Å². The van der Waals surface area contributed by atoms with Gasteiger partial charge in [0.2, 0.25) is 0 Å². The van der Waals surface area contributed by atoms with Crippen molar-refractivity contribution in [2.75, 3.05) is 0 Å². The van der Waals surface area contributed by atoms with Crippen LogP contribution < -0.4 is 0 Å². The van der Waals surface area contributed by atoms with E-state index in [1.807, 2.05) is 13.8 Å². The van der Waals surface area contributed by atoms with E-state index in [9.17, 15) is 0 Å². The fourth-order valence-corrected chi connectivity index (χ4v) is 6.49. The van der Waals surface area contributed by atoms with Crippen molar-refractivity contribution in [2.24, 2.45) is 41.4 Å². The molecule has 0 amide bonds. The van der Waals surface area contributed by atoms with Crippen molar-refractivity contribution in [3.05, 3.63) is 0 Å². The van der Waals surface area contributed by atoms with E-state index in [0.717, 1.165) is 41.4 Å². The Hall–Kier alpha value is 0. The van der Waals surface area contributed by atoms with Gasteiger partial charge in [0.1, 0.15) is 0 Å². The molecule has 4 aliphatic carbocycles. The van der Waals surface area contributed by atoms with Gasteiger partial charge >= 0.3 is 0 Å². The van der Waals surface area contributed by atoms with E-state index in [0.29, 0.717) is 0 Å². The highest BCUT2D eigenvalue weighted by Crippen LogP contribution is 2.51. The van der Waals surface area contributed by atoms with Crippen LogP contribution in [0.1, 0.15) is 132 Å². The van der Waals surface area contributed by atoms with Crippen molar-refractivity contribution in [2.45, 2.75) is 132 Å². The van der Waals surface area contributed by atoms with Crippen molar-refractivity contribution in [3.63, 3.8) is 0 Å². The zero-order chi connectivity index (χ0) is 18.9. The summed E-state index contributed by atoms with van der Waals surface area (Å²) in [7, 11) is 0. The predicted molar refractivity (Wildman–Crippen MR) is 124 cm³/mol. The summed E-state index contributed by atoms with van der Waals surface area (Å²) < 4.78 is 0. The summed E-state index contributed by atoms with van der Waals surface area (Å²) in [4.78, 5) is 0. The first-order chi connectivity index (χ1) is 12.7. The summed E-state index contributed by atoms with van der Waals surface area (Å²) in [6.07, 6.45) is 21.5. The summed E-state index contributed by atoms with van der Waals surface area (Å²) in [5.41, 5.74) is 0. The van der Waals surface area contributed by atoms with Crippen LogP contribution in [0.2, 0.25) is 0 Å². The summed E-state index contributed by atoms with van der Waals surface area (Å²) in [6, 6.07) is 0. The SMILES string of the molecule is C.CC.CC1CC1.CCC(C1CCCCC1)C1CCCC2CC(C)CCC21. The molecule has 162 valence electrons. The van der Waals surface area contributed by atoms with Gasteiger partial charge in [-0.3, -0.25) is 0 Å². The van der Waals surface area contributed by atoms with Gasteiger partial charge in [-0.25, -0.2) is 0 Å². The monoisotopic (exact) mass is 378 g/mol. The largest absolute Gasteiger partial charge is 0.0776 e. The van der Waals surface area contributed by atoms with Gasteiger partial charge in [0.15, 0.2) is 0 Å². The summed E-state index contributed by atoms with van der Waals surface area (Å²) >= 11 is 0. The van der Waals surface area contributed by atoms with E-state index in [2.05, 4.69) is 20.8 Å². The number of hydrogen-bond acceptors (Lipinski definition) is 0. The Bertz CT molecular complexity index is 349. The molecular formula is C27H54. The van der Waals surface area contributed by atoms with Gasteiger partial charge in [0.05, 0.1) is 0 Å². The smallest absolute Gasteiger partial charge is 0.0352 e. The average Bonchev–Trinajstić information content (AvgIpc) is 3.47. The highest BCUT2D eigenvalue weighted by molar-refractivity contribution is 4.91. The van der Waals surface area contributed by atoms with E-state index in [1.54, 1.807) is 44.9 Å². The third-order valence-corrected chi connectivity index (χ3v) is 8.11. The van der Waals surface area contributed by atoms with Gasteiger partial charge < -0.3 is 0 Å². The molecule has 27 heavy (non-hydrogen) atoms. The number of rotatable bonds is 3. The molecular weight excluding hydrogens is 324 g/mol. The molecule has 0 N–H and O–H groups in total. The average molecular weight is 379 g/mol. The van der Waals surface area contributed by atoms with Gasteiger partial charge in [-0.15, -0.1) is 0 Å². The van der Waals surface area contributed by atoms with Crippen LogP contribution in [0.25, 0.3) is 0 Å². The molecule has 0 bridgehead atoms. The lowest BCUT2D eigenvalue weighted by Crippen LogP contribution is -2.39. The first kappa shape index (κ1) is 25.0. The van der Waals surface area contributed by atoms with Crippen molar-refractivity contribution in [1.82, 2.24) is 0 Å². The predicted octanol–water partition coefficient (Wildman–Crippen LogP) is 9.52. The first-order valence-corrected chi connectivity index (χ1v) is 12.7. The lowest BCUT2D eigenvalue weighted by Gasteiger charge is -2.48. The third kappa shape index (κ3) is 7.74. The van der Waals surface area contributed by atoms with Crippen molar-refractivity contribution < 1.29 is 0 Å². The molecule has 0 aliphatic heterocycles. The van der Waals surface area contributed by atoms with Crippen LogP contribution in [-0.4, -0.2) is 0 Å². The molecule has 5 unspecified atom stereocenters. The minimum atomic E-state index is 0. The minimum absolute atomic E-state index is 0. The minimum Gasteiger partial charge on any atom is -0.0776 e. The van der Waals surface area contributed by atoms with Crippen molar-refractivity contribution in [3.8, 4) is 0 Å². The standard InChI is InChI=1S/C20H36.C4H8.C2H6.CH4/c1-3-18(16-8-5-4-6-9-16)20-11-7-10-17-14-15(2)12-13-19(17)20;1-4-2-3-4;1-2;/h15-20H,3-14H2,1-2H3;4H,2-3H2,1H3;1-2H3;1H4. The van der Waals surface area contributed by atoms with Crippen LogP contribution in [0.15, 0.2) is 0 Å². The molecule has 0 nitrogen and oxygen atoms in total. The van der Waals surface area contributed by atoms with Crippen LogP contribution in [0.4, 0.5) is 0 Å². The molecule has 0 aromatic heterocycles. The number of hydrogen-bond donors (Lipinski definition) is 0. The third-order valence-electron chi connectivity index (χ3n) is 8.11. The molecule has 0 heteroatoms. The van der Waals surface area contributed by atoms with Crippen molar-refractivity contribution in [1.29, 1.82) is 0 Å². The van der Waals surface area contributed by atoms with E-state index >= 15 is 0 Å². The Balaban J connectivity index is 0.000000453. The molecule has 0 saturated heterocycles. The maximum absolute atomic E-state index is 2.50. The molecule has 0 aromatic carbocycles. The lowest BCUT2D eigenvalue weighted by atomic mass is 9.57. The highest BCUT2D eigenvalue weighted by atomic mass is 14.5. The van der Waals surface area contributed by atoms with Gasteiger partial charge in [-0.2, -0.15) is 0 Å². The van der Waals surface area contributed by atoms with Gasteiger partial charge in [-0.1, -0.05) is 113 Å². The summed E-state index contributed by atoms with van der Waals surface area (Å²) in [5.74, 6) is 7.61. The quantitative estimate of drug-likeness (QED) is 0.458. The van der Waals surface area contributed by atoms with Crippen LogP contribution in [0.3, 0.4) is 0 Å². The Morgan fingerprint density at radius 3 is 1.85 bits per heavy atom. The Labute approximate surface area is 173 Å². The Morgan fingerprint density at radius 2 is 1.30 bits per heavy atom. The molecule has 4 rings (SSSR count). The zero-order valence-electron chi connectivity index (χ0n) is 18.9. The summed E-state index contributed by atoms with van der Waals surface area (Å²) in [6.45, 7) is 11.3. The molecule has 4 aliphatic rings. The maximum Gasteiger partial charge on any atom is -0.0352 e. The fourth-order valence-electron chi connectivity index (χ4n) is 6.49. The highest BCUT2D eigenvalue weighted by Gasteiger charge is 2.41. The molecule has 5 atom stereocenters. The normalized spacial score (nSPS) is 34.6. The molecule has 0 radical (unpaired) electrons. The first-order valence-electron chi connectivity index (χ1n) is 12.7. The van der Waals surface area contributed by atoms with E-state index in [1.165, 1.54) is 44.9 Å². The summed E-state index contributed by atoms with van der Waals surface area (Å²) in [5, 5.41) is 0. The van der Waals surface area contributed by atoms with Crippen LogP contribution >= 0.6 is 0 Å². The van der Waals surface area contributed by atoms with Gasteiger partial charge in [0.25, 0.3) is 0 Å². The maximum atomic E-state index is 2.50. The van der Waals surface area contributed by atoms with Crippen LogP contribution in [0.5, 0.6) is 0 Å². The Kier molecular flexibility index (Phi) is 12.3. The van der Waals surface area contributed by atoms with E-state index in [-0.39, 0.29) is 7.43 Å². The van der Waals surface area contributed by atoms with Gasteiger partial charge in [-0.05, 0) is 60.7 Å². The molecule has 4 saturated carbocycles. The molecule has 0 spiro atoms. The van der Waals surface area contributed by atoms with Crippen LogP contribution in [0, 0.1) is 41.4 Å². The number of fused-ring (bicyclic) bond motifs is 1. The second-order valence-corrected chi connectivity index (χ2v) is 10.1. The zero-order valence-corrected chi connectivity index (χ0v) is 18.9. The molecule has 4 fully saturated rings. The van der Waals surface area contributed by atoms with E-state index < -0.39 is 0 Å².